The van der Waals surface area contributed by atoms with Gasteiger partial charge in [-0.15, -0.1) is 5.10 Å². The first-order valence-electron chi connectivity index (χ1n) is 4.34. The Morgan fingerprint density at radius 2 is 2.31 bits per heavy atom. The van der Waals surface area contributed by atoms with E-state index in [2.05, 4.69) is 14.9 Å². The van der Waals surface area contributed by atoms with Crippen molar-refractivity contribution in [2.24, 2.45) is 0 Å². The van der Waals surface area contributed by atoms with Gasteiger partial charge >= 0.3 is 0 Å². The summed E-state index contributed by atoms with van der Waals surface area (Å²) in [4.78, 5) is 11.7. The molecule has 0 fully saturated rings. The number of nitrogen functional groups attached to an aromatic ring is 1. The summed E-state index contributed by atoms with van der Waals surface area (Å²) < 4.78 is 3.61. The van der Waals surface area contributed by atoms with Crippen LogP contribution in [0.4, 0.5) is 10.7 Å². The standard InChI is InChI=1S/C9H8N4O2S/c10-7-2-1-5(14)3-6(7)9(15)12-8-4-11-13-16-8/h1-4,14H,10H2,(H,12,15). The van der Waals surface area contributed by atoms with E-state index in [1.54, 1.807) is 0 Å². The number of nitrogens with one attached hydrogen (secondary N) is 1. The molecule has 0 aliphatic rings. The summed E-state index contributed by atoms with van der Waals surface area (Å²) >= 11 is 1.06. The third-order valence-electron chi connectivity index (χ3n) is 1.88. The van der Waals surface area contributed by atoms with Crippen LogP contribution < -0.4 is 11.1 Å². The molecule has 82 valence electrons. The molecule has 0 unspecified atom stereocenters. The molecule has 2 rings (SSSR count). The number of nitrogens with zero attached hydrogens (tertiary/aromatic N) is 2. The maximum atomic E-state index is 11.7. The summed E-state index contributed by atoms with van der Waals surface area (Å²) in [7, 11) is 0. The number of amides is 1. The molecule has 1 aromatic carbocycles. The van der Waals surface area contributed by atoms with Crippen molar-refractivity contribution in [3.63, 3.8) is 0 Å². The van der Waals surface area contributed by atoms with E-state index in [4.69, 9.17) is 5.73 Å². The fourth-order valence-corrected chi connectivity index (χ4v) is 1.56. The van der Waals surface area contributed by atoms with Gasteiger partial charge in [0.2, 0.25) is 0 Å². The summed E-state index contributed by atoms with van der Waals surface area (Å²) in [6.45, 7) is 0. The van der Waals surface area contributed by atoms with Crippen molar-refractivity contribution in [3.8, 4) is 5.75 Å². The topological polar surface area (TPSA) is 101 Å². The van der Waals surface area contributed by atoms with Crippen LogP contribution in [0, 0.1) is 0 Å². The van der Waals surface area contributed by atoms with Gasteiger partial charge in [0.15, 0.2) is 0 Å². The first kappa shape index (κ1) is 10.4. The molecule has 1 amide bonds. The number of nitrogens with two attached hydrogens (primary N) is 1. The molecule has 4 N–H and O–H groups in total. The lowest BCUT2D eigenvalue weighted by Crippen LogP contribution is -2.13. The molecule has 0 aliphatic heterocycles. The average Bonchev–Trinajstić information content (AvgIpc) is 2.74. The molecule has 1 aromatic heterocycles. The van der Waals surface area contributed by atoms with Crippen LogP contribution >= 0.6 is 11.5 Å². The fraction of sp³-hybridized carbons (Fsp3) is 0. The van der Waals surface area contributed by atoms with E-state index in [1.165, 1.54) is 24.4 Å². The van der Waals surface area contributed by atoms with Crippen LogP contribution in [0.5, 0.6) is 5.75 Å². The number of benzene rings is 1. The van der Waals surface area contributed by atoms with E-state index < -0.39 is 5.91 Å². The Bertz CT molecular complexity index is 512. The van der Waals surface area contributed by atoms with Crippen molar-refractivity contribution < 1.29 is 9.90 Å². The zero-order chi connectivity index (χ0) is 11.5. The number of hydrogen-bond acceptors (Lipinski definition) is 6. The summed E-state index contributed by atoms with van der Waals surface area (Å²) in [6, 6.07) is 4.19. The predicted molar refractivity (Wildman–Crippen MR) is 60.4 cm³/mol. The smallest absolute Gasteiger partial charge is 0.258 e. The van der Waals surface area contributed by atoms with Gasteiger partial charge in [0.25, 0.3) is 5.91 Å². The van der Waals surface area contributed by atoms with Crippen molar-refractivity contribution in [2.45, 2.75) is 0 Å². The number of aromatic nitrogens is 2. The summed E-state index contributed by atoms with van der Waals surface area (Å²) in [5.41, 5.74) is 6.13. The van der Waals surface area contributed by atoms with Crippen LogP contribution in [0.25, 0.3) is 0 Å². The summed E-state index contributed by atoms with van der Waals surface area (Å²) in [6.07, 6.45) is 1.43. The van der Waals surface area contributed by atoms with Gasteiger partial charge in [0.1, 0.15) is 10.8 Å². The SMILES string of the molecule is Nc1ccc(O)cc1C(=O)Nc1cnns1. The van der Waals surface area contributed by atoms with E-state index in [1.807, 2.05) is 0 Å². The first-order chi connectivity index (χ1) is 7.66. The Hall–Kier alpha value is -2.15. The largest absolute Gasteiger partial charge is 0.508 e. The Morgan fingerprint density at radius 3 is 3.00 bits per heavy atom. The number of anilines is 2. The average molecular weight is 236 g/mol. The highest BCUT2D eigenvalue weighted by atomic mass is 32.1. The van der Waals surface area contributed by atoms with Crippen molar-refractivity contribution in [3.05, 3.63) is 30.0 Å². The van der Waals surface area contributed by atoms with Crippen molar-refractivity contribution >= 4 is 28.1 Å². The molecule has 16 heavy (non-hydrogen) atoms. The van der Waals surface area contributed by atoms with E-state index in [0.29, 0.717) is 10.7 Å². The number of aromatic hydroxyl groups is 1. The number of hydrogen-bond donors (Lipinski definition) is 3. The van der Waals surface area contributed by atoms with E-state index in [0.717, 1.165) is 11.5 Å². The second-order valence-corrected chi connectivity index (χ2v) is 3.79. The molecule has 7 heteroatoms. The number of carbonyl (C=O) groups is 1. The zero-order valence-corrected chi connectivity index (χ0v) is 8.86. The fourth-order valence-electron chi connectivity index (χ4n) is 1.14. The van der Waals surface area contributed by atoms with Gasteiger partial charge in [-0.1, -0.05) is 4.49 Å². The van der Waals surface area contributed by atoms with E-state index in [-0.39, 0.29) is 11.3 Å². The lowest BCUT2D eigenvalue weighted by atomic mass is 10.1. The van der Waals surface area contributed by atoms with Crippen LogP contribution in [-0.2, 0) is 0 Å². The highest BCUT2D eigenvalue weighted by molar-refractivity contribution is 7.10. The van der Waals surface area contributed by atoms with Gasteiger partial charge in [-0.05, 0) is 18.2 Å². The van der Waals surface area contributed by atoms with Gasteiger partial charge in [0, 0.05) is 17.2 Å². The summed E-state index contributed by atoms with van der Waals surface area (Å²) in [5.74, 6) is -0.416. The van der Waals surface area contributed by atoms with Crippen LogP contribution in [-0.4, -0.2) is 20.6 Å². The Labute approximate surface area is 94.9 Å². The van der Waals surface area contributed by atoms with Crippen molar-refractivity contribution in [1.82, 2.24) is 9.59 Å². The maximum Gasteiger partial charge on any atom is 0.258 e. The van der Waals surface area contributed by atoms with Crippen molar-refractivity contribution in [1.29, 1.82) is 0 Å². The number of phenols is 1. The number of rotatable bonds is 2. The number of carbonyl (C=O) groups excluding carboxylic acids is 1. The molecule has 1 heterocycles. The zero-order valence-electron chi connectivity index (χ0n) is 8.04. The minimum Gasteiger partial charge on any atom is -0.508 e. The maximum absolute atomic E-state index is 11.7. The molecular formula is C9H8N4O2S. The lowest BCUT2D eigenvalue weighted by Gasteiger charge is -2.05. The number of phenolic OH excluding ortho intramolecular Hbond substituents is 1. The summed E-state index contributed by atoms with van der Waals surface area (Å²) in [5, 5.41) is 15.9. The highest BCUT2D eigenvalue weighted by Gasteiger charge is 2.11. The molecule has 0 saturated heterocycles. The third kappa shape index (κ3) is 2.09. The molecule has 6 nitrogen and oxygen atoms in total. The van der Waals surface area contributed by atoms with Gasteiger partial charge in [-0.2, -0.15) is 0 Å². The van der Waals surface area contributed by atoms with Crippen molar-refractivity contribution in [2.75, 3.05) is 11.1 Å². The molecule has 2 aromatic rings. The molecule has 0 radical (unpaired) electrons. The minimum absolute atomic E-state index is 0.0122. The monoisotopic (exact) mass is 236 g/mol. The van der Waals surface area contributed by atoms with Gasteiger partial charge in [0.05, 0.1) is 11.8 Å². The first-order valence-corrected chi connectivity index (χ1v) is 5.11. The Kier molecular flexibility index (Phi) is 2.69. The molecule has 0 saturated carbocycles. The quantitative estimate of drug-likeness (QED) is 0.535. The van der Waals surface area contributed by atoms with Crippen LogP contribution in [0.15, 0.2) is 24.4 Å². The van der Waals surface area contributed by atoms with Crippen LogP contribution in [0.2, 0.25) is 0 Å². The molecule has 0 atom stereocenters. The second-order valence-electron chi connectivity index (χ2n) is 3.01. The molecule has 0 bridgehead atoms. The Morgan fingerprint density at radius 1 is 1.50 bits per heavy atom. The third-order valence-corrected chi connectivity index (χ3v) is 2.46. The minimum atomic E-state index is -0.403. The molecule has 0 aliphatic carbocycles. The van der Waals surface area contributed by atoms with Gasteiger partial charge in [-0.3, -0.25) is 4.79 Å². The van der Waals surface area contributed by atoms with Gasteiger partial charge in [-0.25, -0.2) is 0 Å². The Balaban J connectivity index is 2.24. The second kappa shape index (κ2) is 4.15. The van der Waals surface area contributed by atoms with Crippen LogP contribution in [0.3, 0.4) is 0 Å². The molecular weight excluding hydrogens is 228 g/mol. The normalized spacial score (nSPS) is 10.0. The van der Waals surface area contributed by atoms with E-state index in [9.17, 15) is 9.90 Å². The van der Waals surface area contributed by atoms with Gasteiger partial charge < -0.3 is 16.2 Å². The predicted octanol–water partition coefficient (Wildman–Crippen LogP) is 1.08. The lowest BCUT2D eigenvalue weighted by molar-refractivity contribution is 0.102. The highest BCUT2D eigenvalue weighted by Crippen LogP contribution is 2.20. The molecule has 0 spiro atoms. The van der Waals surface area contributed by atoms with Crippen LogP contribution in [0.1, 0.15) is 10.4 Å². The van der Waals surface area contributed by atoms with E-state index >= 15 is 0 Å².